The van der Waals surface area contributed by atoms with Crippen molar-refractivity contribution >= 4 is 21.8 Å². The van der Waals surface area contributed by atoms with Crippen LogP contribution < -0.4 is 9.30 Å². The Kier molecular flexibility index (Phi) is 6.99. The smallest absolute Gasteiger partial charge is 0.269 e. The molecule has 0 fully saturated rings. The number of hydrogen-bond donors (Lipinski definition) is 0. The summed E-state index contributed by atoms with van der Waals surface area (Å²) in [6.07, 6.45) is 7.77. The van der Waals surface area contributed by atoms with Gasteiger partial charge in [-0.25, -0.2) is 4.98 Å². The average Bonchev–Trinajstić information content (AvgIpc) is 3.77. The van der Waals surface area contributed by atoms with Crippen molar-refractivity contribution in [2.24, 2.45) is 0 Å². The van der Waals surface area contributed by atoms with Gasteiger partial charge in [-0.2, -0.15) is 0 Å². The van der Waals surface area contributed by atoms with Gasteiger partial charge in [-0.15, -0.1) is 0 Å². The van der Waals surface area contributed by atoms with E-state index in [-0.39, 0.29) is 5.41 Å². The predicted octanol–water partition coefficient (Wildman–Crippen LogP) is 11.5. The quantitative estimate of drug-likeness (QED) is 0.137. The van der Waals surface area contributed by atoms with Crippen LogP contribution in [0.2, 0.25) is 0 Å². The van der Waals surface area contributed by atoms with Crippen LogP contribution in [0, 0.1) is 6.33 Å². The van der Waals surface area contributed by atoms with Crippen molar-refractivity contribution in [1.82, 2.24) is 14.1 Å². The molecule has 0 radical (unpaired) electrons. The first-order valence-electron chi connectivity index (χ1n) is 18.0. The molecular weight excluding hydrogens is 649 g/mol. The second-order valence-electron chi connectivity index (χ2n) is 14.7. The SMILES string of the molecule is CC(C)(C)c1ccnc(-n2c3ccccc3c3ccc(Oc4cccc(-n5[c-][n+]6c(c5)-c5ccccc5-c5ccccc5-c5ccccc5-6)c4)cc32)c1. The molecule has 0 spiro atoms. The lowest BCUT2D eigenvalue weighted by molar-refractivity contribution is -0.587. The molecule has 0 N–H and O–H groups in total. The summed E-state index contributed by atoms with van der Waals surface area (Å²) in [7, 11) is 0. The predicted molar refractivity (Wildman–Crippen MR) is 213 cm³/mol. The van der Waals surface area contributed by atoms with Crippen LogP contribution in [0.4, 0.5) is 0 Å². The highest BCUT2D eigenvalue weighted by atomic mass is 16.5. The second-order valence-corrected chi connectivity index (χ2v) is 14.7. The largest absolute Gasteiger partial charge is 0.458 e. The third kappa shape index (κ3) is 5.15. The summed E-state index contributed by atoms with van der Waals surface area (Å²) in [5.74, 6) is 2.39. The maximum Gasteiger partial charge on any atom is 0.269 e. The maximum atomic E-state index is 6.64. The van der Waals surface area contributed by atoms with Gasteiger partial charge >= 0.3 is 0 Å². The van der Waals surface area contributed by atoms with Crippen LogP contribution in [0.5, 0.6) is 11.5 Å². The van der Waals surface area contributed by atoms with E-state index in [1.165, 1.54) is 33.2 Å². The van der Waals surface area contributed by atoms with Gasteiger partial charge in [0.25, 0.3) is 6.33 Å². The van der Waals surface area contributed by atoms with Crippen LogP contribution in [-0.2, 0) is 5.41 Å². The van der Waals surface area contributed by atoms with Crippen LogP contribution in [0.15, 0.2) is 164 Å². The van der Waals surface area contributed by atoms with Crippen LogP contribution >= 0.6 is 0 Å². The molecular formula is C48H36N4O. The van der Waals surface area contributed by atoms with Gasteiger partial charge in [0.05, 0.1) is 28.1 Å². The van der Waals surface area contributed by atoms with Crippen molar-refractivity contribution in [3.05, 3.63) is 176 Å². The van der Waals surface area contributed by atoms with E-state index < -0.39 is 0 Å². The number of nitrogens with zero attached hydrogens (tertiary/aromatic N) is 4. The van der Waals surface area contributed by atoms with E-state index in [1.54, 1.807) is 0 Å². The van der Waals surface area contributed by atoms with Gasteiger partial charge in [-0.05, 0) is 93.4 Å². The Morgan fingerprint density at radius 3 is 2.06 bits per heavy atom. The molecule has 0 saturated heterocycles. The molecule has 1 aliphatic heterocycles. The molecule has 0 bridgehead atoms. The number of hydrogen-bond acceptors (Lipinski definition) is 2. The molecule has 10 rings (SSSR count). The Hall–Kier alpha value is -6.72. The zero-order chi connectivity index (χ0) is 35.7. The summed E-state index contributed by atoms with van der Waals surface area (Å²) in [6, 6.07) is 53.3. The van der Waals surface area contributed by atoms with Gasteiger partial charge in [0.1, 0.15) is 17.3 Å². The molecule has 5 nitrogen and oxygen atoms in total. The third-order valence-corrected chi connectivity index (χ3v) is 10.4. The highest BCUT2D eigenvalue weighted by Gasteiger charge is 2.23. The lowest BCUT2D eigenvalue weighted by Gasteiger charge is -2.21. The van der Waals surface area contributed by atoms with E-state index in [1.807, 2.05) is 18.3 Å². The van der Waals surface area contributed by atoms with Gasteiger partial charge in [-0.3, -0.25) is 13.7 Å². The number of aromatic nitrogens is 4. The first-order chi connectivity index (χ1) is 25.9. The first-order valence-corrected chi connectivity index (χ1v) is 18.0. The minimum Gasteiger partial charge on any atom is -0.458 e. The van der Waals surface area contributed by atoms with Crippen LogP contribution in [0.25, 0.3) is 72.5 Å². The Balaban J connectivity index is 1.07. The summed E-state index contributed by atoms with van der Waals surface area (Å²) < 4.78 is 13.1. The van der Waals surface area contributed by atoms with Crippen molar-refractivity contribution in [3.63, 3.8) is 0 Å². The van der Waals surface area contributed by atoms with Crippen LogP contribution in [-0.4, -0.2) is 14.1 Å². The summed E-state index contributed by atoms with van der Waals surface area (Å²) in [4.78, 5) is 4.85. The Labute approximate surface area is 308 Å². The minimum absolute atomic E-state index is 0.000869. The number of pyridine rings is 1. The maximum absolute atomic E-state index is 6.64. The van der Waals surface area contributed by atoms with Gasteiger partial charge in [0.2, 0.25) is 0 Å². The van der Waals surface area contributed by atoms with Crippen molar-refractivity contribution < 1.29 is 9.30 Å². The molecule has 0 amide bonds. The Bertz CT molecular complexity index is 2790. The van der Waals surface area contributed by atoms with E-state index in [0.717, 1.165) is 56.4 Å². The van der Waals surface area contributed by atoms with Gasteiger partial charge in [0.15, 0.2) is 0 Å². The monoisotopic (exact) mass is 684 g/mol. The summed E-state index contributed by atoms with van der Waals surface area (Å²) in [5.41, 5.74) is 12.5. The van der Waals surface area contributed by atoms with Crippen LogP contribution in [0.1, 0.15) is 26.3 Å². The van der Waals surface area contributed by atoms with Crippen molar-refractivity contribution in [3.8, 4) is 62.2 Å². The molecule has 4 heterocycles. The fourth-order valence-corrected chi connectivity index (χ4v) is 7.77. The van der Waals surface area contributed by atoms with E-state index in [9.17, 15) is 0 Å². The first kappa shape index (κ1) is 31.1. The highest BCUT2D eigenvalue weighted by molar-refractivity contribution is 6.09. The fraction of sp³-hybridized carbons (Fsp3) is 0.0833. The van der Waals surface area contributed by atoms with Gasteiger partial charge < -0.3 is 4.74 Å². The third-order valence-electron chi connectivity index (χ3n) is 10.4. The second kappa shape index (κ2) is 11.9. The standard InChI is InChI=1S/C48H36N4O/c1-48(2,3)32-25-26-49-47(27-32)52-44-22-11-9-20-41(44)42-24-23-35(29-45(42)52)53-34-14-12-13-33(28-34)50-30-46-40-19-7-6-17-38(40)36-15-4-5-16-37(36)39-18-8-10-21-43(39)51(46)31-50/h4-30H,1-3H3. The number of para-hydroxylation sites is 2. The summed E-state index contributed by atoms with van der Waals surface area (Å²) in [6.45, 7) is 6.70. The number of imidazole rings is 1. The molecule has 53 heavy (non-hydrogen) atoms. The molecule has 1 aliphatic rings. The highest BCUT2D eigenvalue weighted by Crippen LogP contribution is 2.41. The topological polar surface area (TPSA) is 35.9 Å². The van der Waals surface area contributed by atoms with E-state index >= 15 is 0 Å². The molecule has 0 saturated carbocycles. The average molecular weight is 685 g/mol. The summed E-state index contributed by atoms with van der Waals surface area (Å²) in [5, 5.41) is 2.34. The molecule has 6 aromatic carbocycles. The van der Waals surface area contributed by atoms with Crippen molar-refractivity contribution in [2.45, 2.75) is 26.2 Å². The van der Waals surface area contributed by atoms with E-state index in [4.69, 9.17) is 9.72 Å². The zero-order valence-electron chi connectivity index (χ0n) is 29.8. The normalized spacial score (nSPS) is 12.1. The minimum atomic E-state index is 0.000869. The van der Waals surface area contributed by atoms with Crippen molar-refractivity contribution in [2.75, 3.05) is 0 Å². The fourth-order valence-electron chi connectivity index (χ4n) is 7.77. The molecule has 0 atom stereocenters. The van der Waals surface area contributed by atoms with Gasteiger partial charge in [-0.1, -0.05) is 112 Å². The summed E-state index contributed by atoms with van der Waals surface area (Å²) >= 11 is 0. The van der Waals surface area contributed by atoms with E-state index in [2.05, 4.69) is 187 Å². The Morgan fingerprint density at radius 1 is 0.585 bits per heavy atom. The lowest BCUT2D eigenvalue weighted by atomic mass is 9.88. The molecule has 9 aromatic rings. The Morgan fingerprint density at radius 2 is 1.25 bits per heavy atom. The van der Waals surface area contributed by atoms with Crippen molar-refractivity contribution in [1.29, 1.82) is 0 Å². The molecule has 3 aromatic heterocycles. The zero-order valence-corrected chi connectivity index (χ0v) is 29.8. The molecule has 0 unspecified atom stereocenters. The van der Waals surface area contributed by atoms with Gasteiger partial charge in [0, 0.05) is 29.2 Å². The molecule has 254 valence electrons. The number of ether oxygens (including phenoxy) is 1. The molecule has 0 aliphatic carbocycles. The van der Waals surface area contributed by atoms with E-state index in [0.29, 0.717) is 0 Å². The number of fused-ring (bicyclic) bond motifs is 11. The number of benzene rings is 6. The number of rotatable bonds is 4. The lowest BCUT2D eigenvalue weighted by Crippen LogP contribution is -2.33. The van der Waals surface area contributed by atoms with Crippen LogP contribution in [0.3, 0.4) is 0 Å². The molecule has 5 heteroatoms.